The number of halogens is 3. The summed E-state index contributed by atoms with van der Waals surface area (Å²) in [7, 11) is 0. The van der Waals surface area contributed by atoms with Crippen molar-refractivity contribution < 1.29 is 22.8 Å². The Balaban J connectivity index is 1.42. The summed E-state index contributed by atoms with van der Waals surface area (Å²) < 4.78 is 39.3. The Morgan fingerprint density at radius 3 is 2.45 bits per heavy atom. The van der Waals surface area contributed by atoms with Gasteiger partial charge in [-0.05, 0) is 75.0 Å². The maximum Gasteiger partial charge on any atom is 0.417 e. The number of hydrogen-bond donors (Lipinski definition) is 1. The van der Waals surface area contributed by atoms with E-state index in [0.717, 1.165) is 50.7 Å². The average Bonchev–Trinajstić information content (AvgIpc) is 2.81. The molecule has 33 heavy (non-hydrogen) atoms. The van der Waals surface area contributed by atoms with E-state index in [0.29, 0.717) is 18.8 Å². The van der Waals surface area contributed by atoms with E-state index >= 15 is 0 Å². The van der Waals surface area contributed by atoms with Crippen molar-refractivity contribution in [1.82, 2.24) is 4.90 Å². The van der Waals surface area contributed by atoms with Gasteiger partial charge in [-0.3, -0.25) is 9.59 Å². The topological polar surface area (TPSA) is 49.4 Å². The number of amides is 1. The highest BCUT2D eigenvalue weighted by molar-refractivity contribution is 5.97. The normalized spacial score (nSPS) is 15.4. The van der Waals surface area contributed by atoms with E-state index in [4.69, 9.17) is 0 Å². The quantitative estimate of drug-likeness (QED) is 0.354. The van der Waals surface area contributed by atoms with Crippen molar-refractivity contribution in [3.63, 3.8) is 0 Å². The minimum atomic E-state index is -4.52. The zero-order valence-electron chi connectivity index (χ0n) is 19.0. The van der Waals surface area contributed by atoms with Crippen LogP contribution in [0.5, 0.6) is 0 Å². The number of anilines is 1. The number of ketones is 1. The van der Waals surface area contributed by atoms with Gasteiger partial charge in [0.05, 0.1) is 5.56 Å². The van der Waals surface area contributed by atoms with Crippen LogP contribution in [0.3, 0.4) is 0 Å². The third kappa shape index (κ3) is 7.16. The Morgan fingerprint density at radius 2 is 1.76 bits per heavy atom. The molecule has 0 unspecified atom stereocenters. The van der Waals surface area contributed by atoms with Gasteiger partial charge in [0.2, 0.25) is 5.91 Å². The molecule has 4 nitrogen and oxygen atoms in total. The second-order valence-electron chi connectivity index (χ2n) is 8.57. The van der Waals surface area contributed by atoms with Crippen LogP contribution in [0.4, 0.5) is 18.9 Å². The van der Waals surface area contributed by atoms with Gasteiger partial charge in [-0.2, -0.15) is 13.2 Å². The summed E-state index contributed by atoms with van der Waals surface area (Å²) in [4.78, 5) is 26.3. The Bertz CT molecular complexity index is 951. The Labute approximate surface area is 193 Å². The fraction of sp³-hybridized carbons (Fsp3) is 0.462. The molecule has 1 heterocycles. The Morgan fingerprint density at radius 1 is 1.03 bits per heavy atom. The second-order valence-corrected chi connectivity index (χ2v) is 8.57. The highest BCUT2D eigenvalue weighted by Gasteiger charge is 2.34. The molecule has 0 radical (unpaired) electrons. The third-order valence-corrected chi connectivity index (χ3v) is 6.21. The fourth-order valence-corrected chi connectivity index (χ4v) is 4.34. The lowest BCUT2D eigenvalue weighted by molar-refractivity contribution is -0.137. The van der Waals surface area contributed by atoms with Gasteiger partial charge in [0.25, 0.3) is 0 Å². The van der Waals surface area contributed by atoms with Gasteiger partial charge in [0.15, 0.2) is 5.78 Å². The molecule has 1 aliphatic rings. The molecule has 0 aromatic heterocycles. The van der Waals surface area contributed by atoms with E-state index in [2.05, 4.69) is 22.3 Å². The molecule has 0 saturated carbocycles. The second kappa shape index (κ2) is 11.5. The number of likely N-dealkylation sites (tertiary alicyclic amines) is 1. The van der Waals surface area contributed by atoms with Crippen LogP contribution >= 0.6 is 0 Å². The van der Waals surface area contributed by atoms with Gasteiger partial charge in [0.1, 0.15) is 0 Å². The number of nitrogens with one attached hydrogen (secondary N) is 1. The smallest absolute Gasteiger partial charge is 0.326 e. The number of benzene rings is 2. The standard InChI is InChI=1S/C26H31F3N2O2/c1-2-25(33)30-21-9-7-8-20(18-21)19-13-16-31(17-14-19)15-6-5-12-24(32)22-10-3-4-11-23(22)26(27,28)29/h3-4,7-11,18-19H,2,5-6,12-17H2,1H3,(H,30,33). The van der Waals surface area contributed by atoms with Crippen molar-refractivity contribution in [3.05, 3.63) is 65.2 Å². The largest absolute Gasteiger partial charge is 0.417 e. The molecular weight excluding hydrogens is 429 g/mol. The van der Waals surface area contributed by atoms with Crippen LogP contribution in [0.25, 0.3) is 0 Å². The van der Waals surface area contributed by atoms with Gasteiger partial charge >= 0.3 is 6.18 Å². The third-order valence-electron chi connectivity index (χ3n) is 6.21. The fourth-order valence-electron chi connectivity index (χ4n) is 4.34. The number of alkyl halides is 3. The zero-order chi connectivity index (χ0) is 23.8. The monoisotopic (exact) mass is 460 g/mol. The summed E-state index contributed by atoms with van der Waals surface area (Å²) in [5.74, 6) is -0.000740. The average molecular weight is 461 g/mol. The number of piperidine rings is 1. The molecular formula is C26H31F3N2O2. The number of Topliss-reactive ketones (excluding diaryl/α,β-unsaturated/α-hetero) is 1. The Hall–Kier alpha value is -2.67. The van der Waals surface area contributed by atoms with E-state index in [1.807, 2.05) is 19.1 Å². The zero-order valence-corrected chi connectivity index (χ0v) is 19.0. The highest BCUT2D eigenvalue weighted by atomic mass is 19.4. The SMILES string of the molecule is CCC(=O)Nc1cccc(C2CCN(CCCCC(=O)c3ccccc3C(F)(F)F)CC2)c1. The maximum atomic E-state index is 13.1. The predicted molar refractivity (Wildman–Crippen MR) is 123 cm³/mol. The van der Waals surface area contributed by atoms with Crippen molar-refractivity contribution in [2.24, 2.45) is 0 Å². The lowest BCUT2D eigenvalue weighted by Crippen LogP contribution is -2.33. The molecule has 7 heteroatoms. The molecule has 1 aliphatic heterocycles. The van der Waals surface area contributed by atoms with Gasteiger partial charge in [-0.15, -0.1) is 0 Å². The van der Waals surface area contributed by atoms with Crippen molar-refractivity contribution in [1.29, 1.82) is 0 Å². The summed E-state index contributed by atoms with van der Waals surface area (Å²) in [6.45, 7) is 4.56. The van der Waals surface area contributed by atoms with Crippen LogP contribution in [-0.2, 0) is 11.0 Å². The number of nitrogens with zero attached hydrogens (tertiary/aromatic N) is 1. The number of carbonyl (C=O) groups excluding carboxylic acids is 2. The van der Waals surface area contributed by atoms with Crippen molar-refractivity contribution in [2.45, 2.75) is 57.5 Å². The lowest BCUT2D eigenvalue weighted by atomic mass is 9.89. The molecule has 1 N–H and O–H groups in total. The van der Waals surface area contributed by atoms with Crippen LogP contribution in [0, 0.1) is 0 Å². The van der Waals surface area contributed by atoms with Crippen LogP contribution in [0.1, 0.15) is 72.9 Å². The van der Waals surface area contributed by atoms with Gasteiger partial charge < -0.3 is 10.2 Å². The molecule has 2 aromatic rings. The first-order valence-corrected chi connectivity index (χ1v) is 11.6. The van der Waals surface area contributed by atoms with Gasteiger partial charge in [-0.25, -0.2) is 0 Å². The number of hydrogen-bond acceptors (Lipinski definition) is 3. The van der Waals surface area contributed by atoms with E-state index in [1.165, 1.54) is 23.8 Å². The molecule has 3 rings (SSSR count). The van der Waals surface area contributed by atoms with Crippen molar-refractivity contribution >= 4 is 17.4 Å². The molecule has 0 bridgehead atoms. The number of rotatable bonds is 9. The highest BCUT2D eigenvalue weighted by Crippen LogP contribution is 2.33. The summed E-state index contributed by atoms with van der Waals surface area (Å²) >= 11 is 0. The van der Waals surface area contributed by atoms with E-state index in [9.17, 15) is 22.8 Å². The minimum absolute atomic E-state index is 0.00217. The van der Waals surface area contributed by atoms with E-state index in [1.54, 1.807) is 0 Å². The summed E-state index contributed by atoms with van der Waals surface area (Å²) in [6, 6.07) is 13.0. The van der Waals surface area contributed by atoms with Crippen molar-refractivity contribution in [2.75, 3.05) is 25.0 Å². The maximum absolute atomic E-state index is 13.1. The number of unbranched alkanes of at least 4 members (excludes halogenated alkanes) is 1. The van der Waals surface area contributed by atoms with Crippen LogP contribution < -0.4 is 5.32 Å². The predicted octanol–water partition coefficient (Wildman–Crippen LogP) is 6.29. The molecule has 0 atom stereocenters. The van der Waals surface area contributed by atoms with Crippen LogP contribution in [0.15, 0.2) is 48.5 Å². The van der Waals surface area contributed by atoms with Gasteiger partial charge in [0, 0.05) is 24.1 Å². The first kappa shape index (κ1) is 25.0. The first-order chi connectivity index (χ1) is 15.8. The molecule has 1 fully saturated rings. The molecule has 2 aromatic carbocycles. The molecule has 0 aliphatic carbocycles. The molecule has 1 amide bonds. The summed E-state index contributed by atoms with van der Waals surface area (Å²) in [5, 5.41) is 2.91. The summed E-state index contributed by atoms with van der Waals surface area (Å²) in [5.41, 5.74) is 0.981. The van der Waals surface area contributed by atoms with Gasteiger partial charge in [-0.1, -0.05) is 37.3 Å². The Kier molecular flexibility index (Phi) is 8.67. The number of carbonyl (C=O) groups is 2. The van der Waals surface area contributed by atoms with Crippen LogP contribution in [-0.4, -0.2) is 36.2 Å². The molecule has 1 saturated heterocycles. The summed E-state index contributed by atoms with van der Waals surface area (Å²) in [6.07, 6.45) is -0.556. The van der Waals surface area contributed by atoms with E-state index in [-0.39, 0.29) is 17.9 Å². The molecule has 0 spiro atoms. The van der Waals surface area contributed by atoms with E-state index < -0.39 is 17.5 Å². The van der Waals surface area contributed by atoms with Crippen molar-refractivity contribution in [3.8, 4) is 0 Å². The lowest BCUT2D eigenvalue weighted by Gasteiger charge is -2.32. The first-order valence-electron chi connectivity index (χ1n) is 11.6. The molecule has 178 valence electrons. The van der Waals surface area contributed by atoms with Crippen LogP contribution in [0.2, 0.25) is 0 Å². The minimum Gasteiger partial charge on any atom is -0.326 e.